The van der Waals surface area contributed by atoms with E-state index in [0.717, 1.165) is 5.56 Å². The quantitative estimate of drug-likeness (QED) is 0.850. The number of sulfonamides is 1. The molecular weight excluding hydrogens is 288 g/mol. The maximum absolute atomic E-state index is 12.3. The van der Waals surface area contributed by atoms with Gasteiger partial charge in [0.2, 0.25) is 10.0 Å². The Labute approximate surface area is 124 Å². The van der Waals surface area contributed by atoms with Gasteiger partial charge in [-0.25, -0.2) is 13.1 Å². The highest BCUT2D eigenvalue weighted by atomic mass is 32.2. The standard InChI is InChI=1S/C15H18N2O3S/c1-20-14-9-5-6-10-15(14)21(18,19)17-11-13(16)12-7-3-2-4-8-12/h2-10,13,17H,11,16H2,1H3. The summed E-state index contributed by atoms with van der Waals surface area (Å²) in [4.78, 5) is 0.104. The number of rotatable bonds is 6. The minimum Gasteiger partial charge on any atom is -0.495 e. The van der Waals surface area contributed by atoms with Crippen LogP contribution in [0.5, 0.6) is 5.75 Å². The Hall–Kier alpha value is -1.89. The lowest BCUT2D eigenvalue weighted by Crippen LogP contribution is -2.32. The van der Waals surface area contributed by atoms with E-state index in [1.807, 2.05) is 30.3 Å². The van der Waals surface area contributed by atoms with Gasteiger partial charge in [0.15, 0.2) is 0 Å². The van der Waals surface area contributed by atoms with Crippen molar-refractivity contribution < 1.29 is 13.2 Å². The molecule has 0 aromatic heterocycles. The lowest BCUT2D eigenvalue weighted by molar-refractivity contribution is 0.402. The number of nitrogens with two attached hydrogens (primary N) is 1. The molecule has 0 aliphatic rings. The topological polar surface area (TPSA) is 81.4 Å². The van der Waals surface area contributed by atoms with Crippen LogP contribution in [0, 0.1) is 0 Å². The summed E-state index contributed by atoms with van der Waals surface area (Å²) in [6.07, 6.45) is 0. The van der Waals surface area contributed by atoms with E-state index in [4.69, 9.17) is 10.5 Å². The Balaban J connectivity index is 2.12. The van der Waals surface area contributed by atoms with E-state index in [-0.39, 0.29) is 11.4 Å². The van der Waals surface area contributed by atoms with Crippen LogP contribution in [0.15, 0.2) is 59.5 Å². The van der Waals surface area contributed by atoms with Crippen LogP contribution in [0.1, 0.15) is 11.6 Å². The lowest BCUT2D eigenvalue weighted by Gasteiger charge is -2.14. The first-order valence-electron chi connectivity index (χ1n) is 6.48. The molecule has 0 saturated heterocycles. The van der Waals surface area contributed by atoms with Gasteiger partial charge in [0, 0.05) is 12.6 Å². The van der Waals surface area contributed by atoms with E-state index in [0.29, 0.717) is 5.75 Å². The van der Waals surface area contributed by atoms with Gasteiger partial charge in [-0.2, -0.15) is 0 Å². The monoisotopic (exact) mass is 306 g/mol. The fourth-order valence-corrected chi connectivity index (χ4v) is 3.16. The van der Waals surface area contributed by atoms with Crippen molar-refractivity contribution >= 4 is 10.0 Å². The van der Waals surface area contributed by atoms with Crippen LogP contribution < -0.4 is 15.2 Å². The van der Waals surface area contributed by atoms with Crippen molar-refractivity contribution in [1.82, 2.24) is 4.72 Å². The molecule has 1 unspecified atom stereocenters. The molecule has 0 aliphatic heterocycles. The van der Waals surface area contributed by atoms with Crippen LogP contribution in [0.4, 0.5) is 0 Å². The second-order valence-corrected chi connectivity index (χ2v) is 6.26. The van der Waals surface area contributed by atoms with Crippen molar-refractivity contribution in [2.24, 2.45) is 5.73 Å². The van der Waals surface area contributed by atoms with E-state index in [1.54, 1.807) is 18.2 Å². The number of hydrogen-bond donors (Lipinski definition) is 2. The normalized spacial score (nSPS) is 12.9. The third-order valence-electron chi connectivity index (χ3n) is 3.08. The van der Waals surface area contributed by atoms with Crippen LogP contribution >= 0.6 is 0 Å². The number of methoxy groups -OCH3 is 1. The summed E-state index contributed by atoms with van der Waals surface area (Å²) in [5, 5.41) is 0. The molecule has 2 aromatic rings. The molecule has 6 heteroatoms. The van der Waals surface area contributed by atoms with Gasteiger partial charge < -0.3 is 10.5 Å². The number of hydrogen-bond acceptors (Lipinski definition) is 4. The maximum atomic E-state index is 12.3. The van der Waals surface area contributed by atoms with E-state index in [1.165, 1.54) is 13.2 Å². The van der Waals surface area contributed by atoms with Gasteiger partial charge in [0.05, 0.1) is 7.11 Å². The largest absolute Gasteiger partial charge is 0.495 e. The Morgan fingerprint density at radius 1 is 1.10 bits per heavy atom. The summed E-state index contributed by atoms with van der Waals surface area (Å²) >= 11 is 0. The van der Waals surface area contributed by atoms with Gasteiger partial charge in [-0.15, -0.1) is 0 Å². The fourth-order valence-electron chi connectivity index (χ4n) is 1.94. The predicted molar refractivity (Wildman–Crippen MR) is 81.6 cm³/mol. The molecule has 0 radical (unpaired) electrons. The summed E-state index contributed by atoms with van der Waals surface area (Å²) in [6, 6.07) is 15.4. The number of ether oxygens (including phenoxy) is 1. The van der Waals surface area contributed by atoms with Gasteiger partial charge in [-0.1, -0.05) is 42.5 Å². The van der Waals surface area contributed by atoms with E-state index in [2.05, 4.69) is 4.72 Å². The van der Waals surface area contributed by atoms with Crippen molar-refractivity contribution in [3.05, 3.63) is 60.2 Å². The van der Waals surface area contributed by atoms with E-state index >= 15 is 0 Å². The van der Waals surface area contributed by atoms with Gasteiger partial charge >= 0.3 is 0 Å². The molecule has 2 rings (SSSR count). The van der Waals surface area contributed by atoms with Crippen molar-refractivity contribution in [1.29, 1.82) is 0 Å². The summed E-state index contributed by atoms with van der Waals surface area (Å²) in [5.41, 5.74) is 6.87. The molecular formula is C15H18N2O3S. The molecule has 3 N–H and O–H groups in total. The van der Waals surface area contributed by atoms with E-state index in [9.17, 15) is 8.42 Å². The molecule has 0 bridgehead atoms. The summed E-state index contributed by atoms with van der Waals surface area (Å²) in [5.74, 6) is 0.304. The Morgan fingerprint density at radius 3 is 2.38 bits per heavy atom. The van der Waals surface area contributed by atoms with Crippen molar-refractivity contribution in [2.45, 2.75) is 10.9 Å². The highest BCUT2D eigenvalue weighted by Crippen LogP contribution is 2.22. The SMILES string of the molecule is COc1ccccc1S(=O)(=O)NCC(N)c1ccccc1. The highest BCUT2D eigenvalue weighted by Gasteiger charge is 2.19. The van der Waals surface area contributed by atoms with Crippen LogP contribution in [-0.2, 0) is 10.0 Å². The molecule has 0 saturated carbocycles. The predicted octanol–water partition coefficient (Wildman–Crippen LogP) is 1.67. The zero-order chi connectivity index (χ0) is 15.3. The van der Waals surface area contributed by atoms with Crippen LogP contribution in [0.25, 0.3) is 0 Å². The first kappa shape index (κ1) is 15.5. The number of nitrogens with one attached hydrogen (secondary N) is 1. The average molecular weight is 306 g/mol. The second-order valence-electron chi connectivity index (χ2n) is 4.52. The van der Waals surface area contributed by atoms with Crippen LogP contribution in [0.2, 0.25) is 0 Å². The summed E-state index contributed by atoms with van der Waals surface area (Å²) in [7, 11) is -2.23. The van der Waals surface area contributed by atoms with Gasteiger partial charge in [0.25, 0.3) is 0 Å². The van der Waals surface area contributed by atoms with Crippen LogP contribution in [-0.4, -0.2) is 22.1 Å². The first-order valence-corrected chi connectivity index (χ1v) is 7.96. The molecule has 2 aromatic carbocycles. The molecule has 0 amide bonds. The fraction of sp³-hybridized carbons (Fsp3) is 0.200. The third kappa shape index (κ3) is 3.81. The highest BCUT2D eigenvalue weighted by molar-refractivity contribution is 7.89. The first-order chi connectivity index (χ1) is 10.0. The Morgan fingerprint density at radius 2 is 1.71 bits per heavy atom. The Kier molecular flexibility index (Phi) is 4.95. The lowest BCUT2D eigenvalue weighted by atomic mass is 10.1. The molecule has 0 heterocycles. The molecule has 1 atom stereocenters. The molecule has 0 spiro atoms. The summed E-state index contributed by atoms with van der Waals surface area (Å²) < 4.78 is 32.2. The van der Waals surface area contributed by atoms with Gasteiger partial charge in [0.1, 0.15) is 10.6 Å². The minimum absolute atomic E-state index is 0.104. The van der Waals surface area contributed by atoms with Crippen molar-refractivity contribution in [3.63, 3.8) is 0 Å². The molecule has 112 valence electrons. The summed E-state index contributed by atoms with van der Waals surface area (Å²) in [6.45, 7) is 0.115. The van der Waals surface area contributed by atoms with E-state index < -0.39 is 16.1 Å². The Bertz CT molecular complexity index is 687. The zero-order valence-electron chi connectivity index (χ0n) is 11.7. The average Bonchev–Trinajstić information content (AvgIpc) is 2.53. The van der Waals surface area contributed by atoms with Gasteiger partial charge in [-0.05, 0) is 17.7 Å². The minimum atomic E-state index is -3.66. The molecule has 21 heavy (non-hydrogen) atoms. The molecule has 5 nitrogen and oxygen atoms in total. The molecule has 0 aliphatic carbocycles. The smallest absolute Gasteiger partial charge is 0.244 e. The maximum Gasteiger partial charge on any atom is 0.244 e. The van der Waals surface area contributed by atoms with Crippen molar-refractivity contribution in [3.8, 4) is 5.75 Å². The zero-order valence-corrected chi connectivity index (χ0v) is 12.5. The molecule has 0 fully saturated rings. The number of para-hydroxylation sites is 1. The van der Waals surface area contributed by atoms with Crippen molar-refractivity contribution in [2.75, 3.05) is 13.7 Å². The number of benzene rings is 2. The second kappa shape index (κ2) is 6.71. The van der Waals surface area contributed by atoms with Gasteiger partial charge in [-0.3, -0.25) is 0 Å². The van der Waals surface area contributed by atoms with Crippen LogP contribution in [0.3, 0.4) is 0 Å². The third-order valence-corrected chi connectivity index (χ3v) is 4.54.